The Balaban J connectivity index is 1.65. The van der Waals surface area contributed by atoms with Crippen LogP contribution < -0.4 is 0 Å². The van der Waals surface area contributed by atoms with Crippen molar-refractivity contribution >= 4 is 17.7 Å². The third-order valence-electron chi connectivity index (χ3n) is 6.02. The molecule has 3 aliphatic heterocycles. The fourth-order valence-corrected chi connectivity index (χ4v) is 4.58. The number of nitrogens with zero attached hydrogens (tertiary/aromatic N) is 3. The zero-order chi connectivity index (χ0) is 17.8. The third kappa shape index (κ3) is 4.15. The highest BCUT2D eigenvalue weighted by molar-refractivity contribution is 5.79. The third-order valence-corrected chi connectivity index (χ3v) is 6.02. The second-order valence-electron chi connectivity index (χ2n) is 7.61. The van der Waals surface area contributed by atoms with Crippen molar-refractivity contribution in [2.24, 2.45) is 0 Å². The summed E-state index contributed by atoms with van der Waals surface area (Å²) in [6, 6.07) is 0.351. The summed E-state index contributed by atoms with van der Waals surface area (Å²) in [6.45, 7) is 5.38. The highest BCUT2D eigenvalue weighted by Gasteiger charge is 2.34. The maximum absolute atomic E-state index is 12.3. The molecule has 0 saturated carbocycles. The summed E-state index contributed by atoms with van der Waals surface area (Å²) in [5, 5.41) is 0. The molecule has 0 aromatic carbocycles. The molecule has 0 aliphatic carbocycles. The van der Waals surface area contributed by atoms with Gasteiger partial charge in [-0.05, 0) is 38.5 Å². The number of likely N-dealkylation sites (tertiary alicyclic amines) is 3. The summed E-state index contributed by atoms with van der Waals surface area (Å²) in [5.41, 5.74) is 0. The van der Waals surface area contributed by atoms with Crippen molar-refractivity contribution in [2.45, 2.75) is 76.8 Å². The lowest BCUT2D eigenvalue weighted by molar-refractivity contribution is -0.131. The van der Waals surface area contributed by atoms with Crippen LogP contribution in [0.5, 0.6) is 0 Å². The number of carbonyl (C=O) groups is 3. The van der Waals surface area contributed by atoms with Gasteiger partial charge in [0.1, 0.15) is 0 Å². The molecule has 0 radical (unpaired) electrons. The van der Waals surface area contributed by atoms with Crippen LogP contribution in [-0.2, 0) is 14.4 Å². The van der Waals surface area contributed by atoms with Crippen LogP contribution in [0.15, 0.2) is 0 Å². The normalized spacial score (nSPS) is 23.9. The van der Waals surface area contributed by atoms with Crippen LogP contribution in [0.3, 0.4) is 0 Å². The molecule has 0 bridgehead atoms. The van der Waals surface area contributed by atoms with Crippen molar-refractivity contribution in [1.82, 2.24) is 14.7 Å². The molecule has 6 heteroatoms. The van der Waals surface area contributed by atoms with E-state index in [1.165, 1.54) is 0 Å². The molecule has 6 nitrogen and oxygen atoms in total. The van der Waals surface area contributed by atoms with Crippen LogP contribution in [0.4, 0.5) is 0 Å². The van der Waals surface area contributed by atoms with Crippen molar-refractivity contribution < 1.29 is 14.4 Å². The van der Waals surface area contributed by atoms with E-state index in [-0.39, 0.29) is 29.8 Å². The van der Waals surface area contributed by atoms with E-state index in [9.17, 15) is 14.4 Å². The molecule has 3 fully saturated rings. The van der Waals surface area contributed by atoms with E-state index in [2.05, 4.69) is 6.92 Å². The molecule has 3 saturated heterocycles. The largest absolute Gasteiger partial charge is 0.343 e. The number of hydrogen-bond acceptors (Lipinski definition) is 3. The number of carbonyl (C=O) groups excluding carboxylic acids is 3. The lowest BCUT2D eigenvalue weighted by atomic mass is 9.99. The van der Waals surface area contributed by atoms with Crippen molar-refractivity contribution in [3.8, 4) is 0 Å². The SMILES string of the molecule is CCC(CC(CCN1CCCC1=O)N1CCCC1=O)N1CCCC1=O. The minimum Gasteiger partial charge on any atom is -0.343 e. The van der Waals surface area contributed by atoms with Crippen LogP contribution >= 0.6 is 0 Å². The van der Waals surface area contributed by atoms with Gasteiger partial charge in [0.2, 0.25) is 17.7 Å². The molecule has 3 heterocycles. The molecule has 3 amide bonds. The Kier molecular flexibility index (Phi) is 5.97. The first kappa shape index (κ1) is 18.2. The van der Waals surface area contributed by atoms with Crippen molar-refractivity contribution in [3.05, 3.63) is 0 Å². The summed E-state index contributed by atoms with van der Waals surface area (Å²) >= 11 is 0. The van der Waals surface area contributed by atoms with Gasteiger partial charge in [0.05, 0.1) is 0 Å². The van der Waals surface area contributed by atoms with Gasteiger partial charge in [-0.25, -0.2) is 0 Å². The summed E-state index contributed by atoms with van der Waals surface area (Å²) in [5.74, 6) is 0.738. The average Bonchev–Trinajstić information content (AvgIpc) is 3.31. The summed E-state index contributed by atoms with van der Waals surface area (Å²) in [7, 11) is 0. The van der Waals surface area contributed by atoms with Crippen molar-refractivity contribution in [3.63, 3.8) is 0 Å². The quantitative estimate of drug-likeness (QED) is 0.671. The van der Waals surface area contributed by atoms with Gasteiger partial charge < -0.3 is 14.7 Å². The zero-order valence-electron chi connectivity index (χ0n) is 15.4. The van der Waals surface area contributed by atoms with Gasteiger partial charge in [-0.15, -0.1) is 0 Å². The Morgan fingerprint density at radius 2 is 1.36 bits per heavy atom. The number of hydrogen-bond donors (Lipinski definition) is 0. The Hall–Kier alpha value is -1.59. The van der Waals surface area contributed by atoms with Gasteiger partial charge in [0.25, 0.3) is 0 Å². The molecular formula is C19H31N3O3. The molecule has 2 unspecified atom stereocenters. The first-order chi connectivity index (χ1) is 12.1. The topological polar surface area (TPSA) is 60.9 Å². The highest BCUT2D eigenvalue weighted by Crippen LogP contribution is 2.26. The number of rotatable bonds is 8. The van der Waals surface area contributed by atoms with Gasteiger partial charge in [0.15, 0.2) is 0 Å². The smallest absolute Gasteiger partial charge is 0.222 e. The van der Waals surface area contributed by atoms with E-state index in [1.54, 1.807) is 0 Å². The maximum atomic E-state index is 12.3. The molecule has 0 aromatic heterocycles. The second-order valence-corrected chi connectivity index (χ2v) is 7.61. The van der Waals surface area contributed by atoms with E-state index in [4.69, 9.17) is 0 Å². The second kappa shape index (κ2) is 8.19. The van der Waals surface area contributed by atoms with Crippen molar-refractivity contribution in [2.75, 3.05) is 26.2 Å². The van der Waals surface area contributed by atoms with Gasteiger partial charge in [-0.2, -0.15) is 0 Å². The predicted octanol–water partition coefficient (Wildman–Crippen LogP) is 1.78. The lowest BCUT2D eigenvalue weighted by Crippen LogP contribution is -2.45. The first-order valence-corrected chi connectivity index (χ1v) is 9.97. The molecule has 25 heavy (non-hydrogen) atoms. The minimum absolute atomic E-state index is 0.141. The minimum atomic E-state index is 0.141. The molecule has 0 aromatic rings. The Morgan fingerprint density at radius 1 is 0.800 bits per heavy atom. The molecule has 0 N–H and O–H groups in total. The molecule has 0 spiro atoms. The fourth-order valence-electron chi connectivity index (χ4n) is 4.58. The Labute approximate surface area is 150 Å². The van der Waals surface area contributed by atoms with E-state index in [0.29, 0.717) is 19.3 Å². The van der Waals surface area contributed by atoms with E-state index < -0.39 is 0 Å². The molecule has 140 valence electrons. The maximum Gasteiger partial charge on any atom is 0.222 e. The Bertz CT molecular complexity index is 522. The number of amides is 3. The van der Waals surface area contributed by atoms with E-state index >= 15 is 0 Å². The molecular weight excluding hydrogens is 318 g/mol. The highest BCUT2D eigenvalue weighted by atomic mass is 16.2. The van der Waals surface area contributed by atoms with Gasteiger partial charge >= 0.3 is 0 Å². The van der Waals surface area contributed by atoms with Gasteiger partial charge in [-0.1, -0.05) is 6.92 Å². The Morgan fingerprint density at radius 3 is 1.84 bits per heavy atom. The van der Waals surface area contributed by atoms with E-state index in [1.807, 2.05) is 14.7 Å². The first-order valence-electron chi connectivity index (χ1n) is 9.97. The fraction of sp³-hybridized carbons (Fsp3) is 0.842. The lowest BCUT2D eigenvalue weighted by Gasteiger charge is -2.35. The van der Waals surface area contributed by atoms with Gasteiger partial charge in [0, 0.05) is 57.5 Å². The van der Waals surface area contributed by atoms with Crippen LogP contribution in [0, 0.1) is 0 Å². The standard InChI is InChI=1S/C19H31N3O3/c1-2-15(21-11-4-7-18(21)24)14-16(22-12-5-8-19(22)25)9-13-20-10-3-6-17(20)23/h15-16H,2-14H2,1H3. The van der Waals surface area contributed by atoms with E-state index in [0.717, 1.165) is 64.7 Å². The molecule has 2 atom stereocenters. The van der Waals surface area contributed by atoms with Crippen molar-refractivity contribution in [1.29, 1.82) is 0 Å². The zero-order valence-corrected chi connectivity index (χ0v) is 15.4. The van der Waals surface area contributed by atoms with Crippen LogP contribution in [0.2, 0.25) is 0 Å². The van der Waals surface area contributed by atoms with Crippen LogP contribution in [0.25, 0.3) is 0 Å². The van der Waals surface area contributed by atoms with Gasteiger partial charge in [-0.3, -0.25) is 14.4 Å². The average molecular weight is 349 g/mol. The van der Waals surface area contributed by atoms with Crippen LogP contribution in [0.1, 0.15) is 64.7 Å². The monoisotopic (exact) mass is 349 g/mol. The summed E-state index contributed by atoms with van der Waals surface area (Å²) in [4.78, 5) is 42.3. The molecule has 3 aliphatic rings. The van der Waals surface area contributed by atoms with Crippen LogP contribution in [-0.4, -0.2) is 70.7 Å². The molecule has 3 rings (SSSR count). The summed E-state index contributed by atoms with van der Waals surface area (Å²) in [6.07, 6.45) is 7.38. The predicted molar refractivity (Wildman–Crippen MR) is 94.8 cm³/mol. The summed E-state index contributed by atoms with van der Waals surface area (Å²) < 4.78 is 0.